The van der Waals surface area contributed by atoms with E-state index in [0.717, 1.165) is 61.0 Å². The number of benzene rings is 1. The van der Waals surface area contributed by atoms with E-state index in [-0.39, 0.29) is 6.04 Å². The Morgan fingerprint density at radius 1 is 0.897 bits per heavy atom. The van der Waals surface area contributed by atoms with Crippen LogP contribution in [0.1, 0.15) is 11.7 Å². The number of imidazole rings is 1. The first-order chi connectivity index (χ1) is 14.4. The third kappa shape index (κ3) is 3.77. The number of para-hydroxylation sites is 1. The van der Waals surface area contributed by atoms with Crippen molar-refractivity contribution >= 4 is 10.9 Å². The van der Waals surface area contributed by atoms with Crippen LogP contribution in [-0.4, -0.2) is 50.7 Å². The van der Waals surface area contributed by atoms with Gasteiger partial charge in [-0.05, 0) is 24.3 Å². The molecule has 4 aromatic rings. The molecule has 1 aliphatic rings. The van der Waals surface area contributed by atoms with Crippen LogP contribution in [0.3, 0.4) is 0 Å². The summed E-state index contributed by atoms with van der Waals surface area (Å²) in [5, 5.41) is 1.13. The van der Waals surface area contributed by atoms with Gasteiger partial charge in [0.1, 0.15) is 5.69 Å². The Kier molecular flexibility index (Phi) is 5.02. The highest BCUT2D eigenvalue weighted by atomic mass is 16.5. The van der Waals surface area contributed by atoms with E-state index in [1.54, 1.807) is 0 Å². The molecule has 0 bridgehead atoms. The molecule has 29 heavy (non-hydrogen) atoms. The van der Waals surface area contributed by atoms with E-state index in [0.29, 0.717) is 0 Å². The maximum Gasteiger partial charge on any atom is 0.158 e. The molecule has 0 N–H and O–H groups in total. The predicted molar refractivity (Wildman–Crippen MR) is 112 cm³/mol. The summed E-state index contributed by atoms with van der Waals surface area (Å²) in [5.41, 5.74) is 2.94. The lowest BCUT2D eigenvalue weighted by atomic mass is 10.1. The molecule has 3 aromatic heterocycles. The lowest BCUT2D eigenvalue weighted by Gasteiger charge is -2.34. The molecule has 0 aliphatic carbocycles. The second-order valence-corrected chi connectivity index (χ2v) is 7.21. The van der Waals surface area contributed by atoms with Crippen molar-refractivity contribution in [2.45, 2.75) is 12.6 Å². The molecule has 0 saturated carbocycles. The van der Waals surface area contributed by atoms with Crippen LogP contribution in [0.2, 0.25) is 0 Å². The van der Waals surface area contributed by atoms with Crippen molar-refractivity contribution < 1.29 is 4.74 Å². The van der Waals surface area contributed by atoms with Crippen LogP contribution in [0.25, 0.3) is 22.4 Å². The Labute approximate surface area is 169 Å². The SMILES string of the molecule is c1ccc(C(Cn2ccnc2-c2ccc3ccccc3n2)N2CCOCC2)nc1. The molecule has 5 rings (SSSR count). The second-order valence-electron chi connectivity index (χ2n) is 7.21. The summed E-state index contributed by atoms with van der Waals surface area (Å²) in [7, 11) is 0. The third-order valence-corrected chi connectivity index (χ3v) is 5.43. The minimum absolute atomic E-state index is 0.161. The Morgan fingerprint density at radius 2 is 1.76 bits per heavy atom. The van der Waals surface area contributed by atoms with Crippen LogP contribution in [0, 0.1) is 0 Å². The van der Waals surface area contributed by atoms with Gasteiger partial charge >= 0.3 is 0 Å². The largest absolute Gasteiger partial charge is 0.379 e. The van der Waals surface area contributed by atoms with Gasteiger partial charge in [0.25, 0.3) is 0 Å². The maximum atomic E-state index is 5.56. The number of hydrogen-bond acceptors (Lipinski definition) is 5. The standard InChI is InChI=1S/C23H23N5O/c1-2-6-19-18(5-1)8-9-21(26-19)23-25-11-12-28(23)17-22(20-7-3-4-10-24-20)27-13-15-29-16-14-27/h1-12,22H,13-17H2. The van der Waals surface area contributed by atoms with Gasteiger partial charge in [-0.1, -0.05) is 30.3 Å². The zero-order chi connectivity index (χ0) is 19.5. The molecule has 1 atom stereocenters. The molecule has 1 unspecified atom stereocenters. The number of rotatable bonds is 5. The van der Waals surface area contributed by atoms with Crippen LogP contribution >= 0.6 is 0 Å². The molecule has 1 saturated heterocycles. The third-order valence-electron chi connectivity index (χ3n) is 5.43. The predicted octanol–water partition coefficient (Wildman–Crippen LogP) is 3.57. The number of aromatic nitrogens is 4. The molecule has 1 fully saturated rings. The highest BCUT2D eigenvalue weighted by Gasteiger charge is 2.25. The summed E-state index contributed by atoms with van der Waals surface area (Å²) < 4.78 is 7.75. The molecule has 1 aromatic carbocycles. The minimum atomic E-state index is 0.161. The summed E-state index contributed by atoms with van der Waals surface area (Å²) in [6.45, 7) is 4.08. The Morgan fingerprint density at radius 3 is 2.62 bits per heavy atom. The second kappa shape index (κ2) is 8.11. The van der Waals surface area contributed by atoms with Gasteiger partial charge in [0.2, 0.25) is 0 Å². The van der Waals surface area contributed by atoms with Crippen LogP contribution < -0.4 is 0 Å². The van der Waals surface area contributed by atoms with E-state index >= 15 is 0 Å². The summed E-state index contributed by atoms with van der Waals surface area (Å²) in [6, 6.07) is 18.6. The average molecular weight is 385 g/mol. The van der Waals surface area contributed by atoms with Gasteiger partial charge in [-0.3, -0.25) is 9.88 Å². The topological polar surface area (TPSA) is 56.1 Å². The van der Waals surface area contributed by atoms with Crippen LogP contribution in [0.4, 0.5) is 0 Å². The molecule has 6 nitrogen and oxygen atoms in total. The number of morpholine rings is 1. The van der Waals surface area contributed by atoms with Gasteiger partial charge in [-0.25, -0.2) is 9.97 Å². The molecular weight excluding hydrogens is 362 g/mol. The van der Waals surface area contributed by atoms with E-state index in [1.807, 2.05) is 48.9 Å². The van der Waals surface area contributed by atoms with Gasteiger partial charge in [-0.15, -0.1) is 0 Å². The molecule has 146 valence electrons. The molecule has 4 heterocycles. The van der Waals surface area contributed by atoms with Crippen molar-refractivity contribution in [1.29, 1.82) is 0 Å². The van der Waals surface area contributed by atoms with Gasteiger partial charge in [0.15, 0.2) is 5.82 Å². The van der Waals surface area contributed by atoms with Gasteiger partial charge in [0.05, 0.1) is 30.5 Å². The normalized spacial score (nSPS) is 16.1. The summed E-state index contributed by atoms with van der Waals surface area (Å²) >= 11 is 0. The highest BCUT2D eigenvalue weighted by Crippen LogP contribution is 2.26. The van der Waals surface area contributed by atoms with Crippen molar-refractivity contribution in [3.63, 3.8) is 0 Å². The van der Waals surface area contributed by atoms with Crippen LogP contribution in [0.5, 0.6) is 0 Å². The van der Waals surface area contributed by atoms with Crippen LogP contribution in [0.15, 0.2) is 73.2 Å². The van der Waals surface area contributed by atoms with E-state index in [4.69, 9.17) is 9.72 Å². The fourth-order valence-corrected chi connectivity index (χ4v) is 3.92. The van der Waals surface area contributed by atoms with Crippen molar-refractivity contribution in [1.82, 2.24) is 24.4 Å². The first-order valence-corrected chi connectivity index (χ1v) is 9.98. The Balaban J connectivity index is 1.49. The highest BCUT2D eigenvalue weighted by molar-refractivity contribution is 5.80. The molecule has 0 radical (unpaired) electrons. The first kappa shape index (κ1) is 18.0. The maximum absolute atomic E-state index is 5.56. The zero-order valence-corrected chi connectivity index (χ0v) is 16.2. The lowest BCUT2D eigenvalue weighted by molar-refractivity contribution is 0.0115. The van der Waals surface area contributed by atoms with Crippen molar-refractivity contribution in [3.8, 4) is 11.5 Å². The molecule has 0 amide bonds. The van der Waals surface area contributed by atoms with E-state index in [1.165, 1.54) is 0 Å². The first-order valence-electron chi connectivity index (χ1n) is 9.98. The van der Waals surface area contributed by atoms with Crippen molar-refractivity contribution in [2.24, 2.45) is 0 Å². The molecule has 6 heteroatoms. The number of nitrogens with zero attached hydrogens (tertiary/aromatic N) is 5. The quantitative estimate of drug-likeness (QED) is 0.526. The van der Waals surface area contributed by atoms with E-state index in [2.05, 4.69) is 43.7 Å². The summed E-state index contributed by atoms with van der Waals surface area (Å²) in [5.74, 6) is 0.880. The fraction of sp³-hybridized carbons (Fsp3) is 0.261. The zero-order valence-electron chi connectivity index (χ0n) is 16.2. The minimum Gasteiger partial charge on any atom is -0.379 e. The lowest BCUT2D eigenvalue weighted by Crippen LogP contribution is -2.41. The van der Waals surface area contributed by atoms with Gasteiger partial charge in [0, 0.05) is 43.6 Å². The molecule has 0 spiro atoms. The summed E-state index contributed by atoms with van der Waals surface area (Å²) in [6.07, 6.45) is 5.74. The molecule has 1 aliphatic heterocycles. The van der Waals surface area contributed by atoms with E-state index in [9.17, 15) is 0 Å². The van der Waals surface area contributed by atoms with Crippen molar-refractivity contribution in [2.75, 3.05) is 26.3 Å². The van der Waals surface area contributed by atoms with Gasteiger partial charge in [-0.2, -0.15) is 0 Å². The van der Waals surface area contributed by atoms with Gasteiger partial charge < -0.3 is 9.30 Å². The van der Waals surface area contributed by atoms with Crippen molar-refractivity contribution in [3.05, 3.63) is 78.9 Å². The van der Waals surface area contributed by atoms with E-state index < -0.39 is 0 Å². The fourth-order valence-electron chi connectivity index (χ4n) is 3.92. The number of pyridine rings is 2. The average Bonchev–Trinajstić information content (AvgIpc) is 3.26. The van der Waals surface area contributed by atoms with Crippen LogP contribution in [-0.2, 0) is 11.3 Å². The molecular formula is C23H23N5O. The monoisotopic (exact) mass is 385 g/mol. The number of fused-ring (bicyclic) bond motifs is 1. The summed E-state index contributed by atoms with van der Waals surface area (Å²) in [4.78, 5) is 16.6. The smallest absolute Gasteiger partial charge is 0.158 e. The number of hydrogen-bond donors (Lipinski definition) is 0. The Hall–Kier alpha value is -3.09. The number of ether oxygens (including phenoxy) is 1. The Bertz CT molecular complexity index is 1090.